The molecule has 0 bridgehead atoms. The van der Waals surface area contributed by atoms with Gasteiger partial charge in [-0.05, 0) is 34.4 Å². The SMILES string of the molecule is CCc1ccc2cc([C@H](N)C(F)(F)F)ccc2c1. The molecule has 0 aliphatic heterocycles. The first-order chi connectivity index (χ1) is 8.41. The van der Waals surface area contributed by atoms with Gasteiger partial charge in [0.25, 0.3) is 0 Å². The largest absolute Gasteiger partial charge is 0.407 e. The highest BCUT2D eigenvalue weighted by Crippen LogP contribution is 2.32. The minimum Gasteiger partial charge on any atom is -0.316 e. The number of hydrogen-bond donors (Lipinski definition) is 1. The lowest BCUT2D eigenvalue weighted by atomic mass is 10.00. The van der Waals surface area contributed by atoms with Crippen LogP contribution in [-0.4, -0.2) is 6.18 Å². The Morgan fingerprint density at radius 1 is 1.06 bits per heavy atom. The molecule has 0 spiro atoms. The number of hydrogen-bond acceptors (Lipinski definition) is 1. The summed E-state index contributed by atoms with van der Waals surface area (Å²) in [7, 11) is 0. The van der Waals surface area contributed by atoms with Gasteiger partial charge in [0.15, 0.2) is 0 Å². The lowest BCUT2D eigenvalue weighted by molar-refractivity contribution is -0.149. The van der Waals surface area contributed by atoms with Crippen molar-refractivity contribution >= 4 is 10.8 Å². The Labute approximate surface area is 103 Å². The van der Waals surface area contributed by atoms with E-state index in [-0.39, 0.29) is 5.56 Å². The summed E-state index contributed by atoms with van der Waals surface area (Å²) < 4.78 is 37.6. The van der Waals surface area contributed by atoms with Crippen molar-refractivity contribution in [1.29, 1.82) is 0 Å². The molecule has 0 aliphatic rings. The fourth-order valence-electron chi connectivity index (χ4n) is 1.92. The van der Waals surface area contributed by atoms with Crippen molar-refractivity contribution in [3.63, 3.8) is 0 Å². The van der Waals surface area contributed by atoms with Crippen molar-refractivity contribution in [2.24, 2.45) is 5.73 Å². The molecule has 2 N–H and O–H groups in total. The molecule has 0 aromatic heterocycles. The monoisotopic (exact) mass is 253 g/mol. The molecule has 0 radical (unpaired) electrons. The second-order valence-electron chi connectivity index (χ2n) is 4.31. The first-order valence-corrected chi connectivity index (χ1v) is 5.76. The predicted molar refractivity (Wildman–Crippen MR) is 66.3 cm³/mol. The third kappa shape index (κ3) is 2.48. The molecule has 0 unspecified atom stereocenters. The molecule has 0 heterocycles. The molecular formula is C14H14F3N. The lowest BCUT2D eigenvalue weighted by Gasteiger charge is -2.16. The molecule has 18 heavy (non-hydrogen) atoms. The van der Waals surface area contributed by atoms with E-state index in [1.165, 1.54) is 12.1 Å². The summed E-state index contributed by atoms with van der Waals surface area (Å²) in [5.74, 6) is 0. The van der Waals surface area contributed by atoms with E-state index in [9.17, 15) is 13.2 Å². The van der Waals surface area contributed by atoms with Crippen molar-refractivity contribution in [3.8, 4) is 0 Å². The number of benzene rings is 2. The van der Waals surface area contributed by atoms with Crippen molar-refractivity contribution in [2.45, 2.75) is 25.6 Å². The van der Waals surface area contributed by atoms with Crippen LogP contribution in [0.5, 0.6) is 0 Å². The van der Waals surface area contributed by atoms with Crippen LogP contribution in [-0.2, 0) is 6.42 Å². The molecule has 0 saturated carbocycles. The Hall–Kier alpha value is -1.55. The Morgan fingerprint density at radius 3 is 2.28 bits per heavy atom. The van der Waals surface area contributed by atoms with Crippen LogP contribution < -0.4 is 5.73 Å². The minimum atomic E-state index is -4.41. The standard InChI is InChI=1S/C14H14F3N/c1-2-9-3-4-11-8-12(6-5-10(11)7-9)13(18)14(15,16)17/h3-8,13H,2,18H2,1H3/t13-/m0/s1. The van der Waals surface area contributed by atoms with Crippen LogP contribution in [0.3, 0.4) is 0 Å². The van der Waals surface area contributed by atoms with Gasteiger partial charge in [0.1, 0.15) is 6.04 Å². The van der Waals surface area contributed by atoms with E-state index < -0.39 is 12.2 Å². The molecular weight excluding hydrogens is 239 g/mol. The molecule has 0 fully saturated rings. The molecule has 96 valence electrons. The molecule has 4 heteroatoms. The topological polar surface area (TPSA) is 26.0 Å². The fraction of sp³-hybridized carbons (Fsp3) is 0.286. The van der Waals surface area contributed by atoms with Crippen LogP contribution in [0.1, 0.15) is 24.1 Å². The number of rotatable bonds is 2. The van der Waals surface area contributed by atoms with Crippen molar-refractivity contribution in [1.82, 2.24) is 0 Å². The Bertz CT molecular complexity index is 560. The molecule has 1 atom stereocenters. The summed E-state index contributed by atoms with van der Waals surface area (Å²) >= 11 is 0. The van der Waals surface area contributed by atoms with Gasteiger partial charge in [-0.3, -0.25) is 0 Å². The van der Waals surface area contributed by atoms with E-state index in [2.05, 4.69) is 0 Å². The summed E-state index contributed by atoms with van der Waals surface area (Å²) in [5, 5.41) is 1.72. The van der Waals surface area contributed by atoms with Crippen LogP contribution in [0, 0.1) is 0 Å². The van der Waals surface area contributed by atoms with Gasteiger partial charge in [0, 0.05) is 0 Å². The zero-order valence-electron chi connectivity index (χ0n) is 9.96. The molecule has 0 amide bonds. The van der Waals surface area contributed by atoms with Gasteiger partial charge in [0.2, 0.25) is 0 Å². The minimum absolute atomic E-state index is 0.0965. The third-order valence-electron chi connectivity index (χ3n) is 3.05. The van der Waals surface area contributed by atoms with Gasteiger partial charge in [-0.25, -0.2) is 0 Å². The van der Waals surface area contributed by atoms with Crippen LogP contribution in [0.15, 0.2) is 36.4 Å². The number of halogens is 3. The van der Waals surface area contributed by atoms with E-state index in [1.807, 2.05) is 25.1 Å². The molecule has 1 nitrogen and oxygen atoms in total. The first-order valence-electron chi connectivity index (χ1n) is 5.76. The smallest absolute Gasteiger partial charge is 0.316 e. The second kappa shape index (κ2) is 4.61. The average Bonchev–Trinajstić information content (AvgIpc) is 2.35. The van der Waals surface area contributed by atoms with Crippen LogP contribution in [0.2, 0.25) is 0 Å². The number of fused-ring (bicyclic) bond motifs is 1. The first kappa shape index (κ1) is 12.9. The maximum atomic E-state index is 12.5. The lowest BCUT2D eigenvalue weighted by Crippen LogP contribution is -2.28. The number of nitrogens with two attached hydrogens (primary N) is 1. The number of aryl methyl sites for hydroxylation is 1. The highest BCUT2D eigenvalue weighted by Gasteiger charge is 2.37. The molecule has 0 aliphatic carbocycles. The maximum Gasteiger partial charge on any atom is 0.407 e. The highest BCUT2D eigenvalue weighted by atomic mass is 19.4. The van der Waals surface area contributed by atoms with Crippen molar-refractivity contribution < 1.29 is 13.2 Å². The zero-order valence-corrected chi connectivity index (χ0v) is 9.96. The molecule has 2 aromatic rings. The summed E-state index contributed by atoms with van der Waals surface area (Å²) in [4.78, 5) is 0. The van der Waals surface area contributed by atoms with Crippen molar-refractivity contribution in [2.75, 3.05) is 0 Å². The Morgan fingerprint density at radius 2 is 1.67 bits per heavy atom. The van der Waals surface area contributed by atoms with Gasteiger partial charge < -0.3 is 5.73 Å². The summed E-state index contributed by atoms with van der Waals surface area (Å²) in [6, 6.07) is 8.46. The van der Waals surface area contributed by atoms with Gasteiger partial charge in [-0.1, -0.05) is 37.3 Å². The summed E-state index contributed by atoms with van der Waals surface area (Å²) in [5.41, 5.74) is 6.45. The van der Waals surface area contributed by atoms with Gasteiger partial charge in [-0.2, -0.15) is 13.2 Å². The van der Waals surface area contributed by atoms with Crippen molar-refractivity contribution in [3.05, 3.63) is 47.5 Å². The Balaban J connectivity index is 2.45. The van der Waals surface area contributed by atoms with Gasteiger partial charge in [-0.15, -0.1) is 0 Å². The van der Waals surface area contributed by atoms with E-state index in [0.29, 0.717) is 0 Å². The van der Waals surface area contributed by atoms with Gasteiger partial charge >= 0.3 is 6.18 Å². The van der Waals surface area contributed by atoms with E-state index in [0.717, 1.165) is 22.8 Å². The summed E-state index contributed by atoms with van der Waals surface area (Å²) in [6.45, 7) is 2.04. The molecule has 2 rings (SSSR count). The normalized spacial score (nSPS) is 13.8. The van der Waals surface area contributed by atoms with E-state index in [1.54, 1.807) is 6.07 Å². The quantitative estimate of drug-likeness (QED) is 0.861. The number of alkyl halides is 3. The van der Waals surface area contributed by atoms with Crippen LogP contribution in [0.4, 0.5) is 13.2 Å². The second-order valence-corrected chi connectivity index (χ2v) is 4.31. The predicted octanol–water partition coefficient (Wildman–Crippen LogP) is 3.96. The third-order valence-corrected chi connectivity index (χ3v) is 3.05. The zero-order chi connectivity index (χ0) is 13.3. The maximum absolute atomic E-state index is 12.5. The van der Waals surface area contributed by atoms with E-state index in [4.69, 9.17) is 5.73 Å². The average molecular weight is 253 g/mol. The highest BCUT2D eigenvalue weighted by molar-refractivity contribution is 5.84. The van der Waals surface area contributed by atoms with E-state index >= 15 is 0 Å². The molecule has 2 aromatic carbocycles. The van der Waals surface area contributed by atoms with Crippen LogP contribution >= 0.6 is 0 Å². The Kier molecular flexibility index (Phi) is 3.30. The molecule has 0 saturated heterocycles. The fourth-order valence-corrected chi connectivity index (χ4v) is 1.92. The van der Waals surface area contributed by atoms with Gasteiger partial charge in [0.05, 0.1) is 0 Å². The summed E-state index contributed by atoms with van der Waals surface area (Å²) in [6.07, 6.45) is -3.50. The van der Waals surface area contributed by atoms with Crippen LogP contribution in [0.25, 0.3) is 10.8 Å².